The van der Waals surface area contributed by atoms with Crippen LogP contribution in [0.1, 0.15) is 53.9 Å². The highest BCUT2D eigenvalue weighted by atomic mass is 35.5. The number of furan rings is 5. The minimum absolute atomic E-state index is 0.253. The summed E-state index contributed by atoms with van der Waals surface area (Å²) < 4.78 is 58.1. The lowest BCUT2D eigenvalue weighted by Gasteiger charge is -2.20. The highest BCUT2D eigenvalue weighted by Crippen LogP contribution is 2.40. The third-order valence-corrected chi connectivity index (χ3v) is 19.6. The molecule has 0 saturated carbocycles. The van der Waals surface area contributed by atoms with Gasteiger partial charge in [0, 0.05) is 195 Å². The molecule has 582 valence electrons. The number of aromatic nitrogens is 11. The molecule has 22 heteroatoms. The third kappa shape index (κ3) is 17.3. The number of carbonyl (C=O) groups is 1. The van der Waals surface area contributed by atoms with Crippen molar-refractivity contribution in [2.45, 2.75) is 59.5 Å². The van der Waals surface area contributed by atoms with Gasteiger partial charge in [0.05, 0.1) is 81.5 Å². The van der Waals surface area contributed by atoms with Crippen LogP contribution in [0.5, 0.6) is 11.5 Å². The predicted octanol–water partition coefficient (Wildman–Crippen LogP) is 25.8. The molecule has 0 bridgehead atoms. The van der Waals surface area contributed by atoms with Crippen molar-refractivity contribution in [3.63, 3.8) is 0 Å². The van der Waals surface area contributed by atoms with Crippen LogP contribution in [0, 0.1) is 5.82 Å². The van der Waals surface area contributed by atoms with Gasteiger partial charge >= 0.3 is 6.09 Å². The lowest BCUT2D eigenvalue weighted by molar-refractivity contribution is 0.0540. The number of rotatable bonds is 17. The minimum Gasteiger partial charge on any atom is -0.493 e. The zero-order valence-electron chi connectivity index (χ0n) is 64.4. The van der Waals surface area contributed by atoms with Crippen molar-refractivity contribution in [1.29, 1.82) is 0 Å². The molecule has 0 saturated heterocycles. The van der Waals surface area contributed by atoms with Gasteiger partial charge in [-0.15, -0.1) is 0 Å². The van der Waals surface area contributed by atoms with Crippen molar-refractivity contribution in [3.05, 3.63) is 311 Å². The van der Waals surface area contributed by atoms with Crippen LogP contribution in [0.25, 0.3) is 167 Å². The fourth-order valence-electron chi connectivity index (χ4n) is 13.7. The van der Waals surface area contributed by atoms with E-state index in [1.54, 1.807) is 87.3 Å². The second-order valence-corrected chi connectivity index (χ2v) is 28.9. The number of unbranched alkanes of at least 4 members (excludes halogenated alkanes) is 1. The van der Waals surface area contributed by atoms with Crippen molar-refractivity contribution in [3.8, 4) is 123 Å². The number of aromatic amines is 5. The summed E-state index contributed by atoms with van der Waals surface area (Å²) in [5, 5.41) is 5.87. The molecule has 16 aromatic heterocycles. The Kier molecular flexibility index (Phi) is 22.6. The molecule has 0 atom stereocenters. The lowest BCUT2D eigenvalue weighted by atomic mass is 10.0. The van der Waals surface area contributed by atoms with Gasteiger partial charge in [-0.05, 0) is 154 Å². The Balaban J connectivity index is 0.000000110. The zero-order chi connectivity index (χ0) is 80.2. The Hall–Kier alpha value is -14.7. The van der Waals surface area contributed by atoms with Crippen molar-refractivity contribution >= 4 is 72.9 Å². The van der Waals surface area contributed by atoms with Crippen LogP contribution in [0.2, 0.25) is 5.02 Å². The fourth-order valence-corrected chi connectivity index (χ4v) is 13.9. The topological polar surface area (TPSA) is 259 Å². The van der Waals surface area contributed by atoms with E-state index in [0.29, 0.717) is 6.61 Å². The summed E-state index contributed by atoms with van der Waals surface area (Å²) in [4.78, 5) is 51.0. The molecule has 20 rings (SSSR count). The highest BCUT2D eigenvalue weighted by molar-refractivity contribution is 6.30. The zero-order valence-corrected chi connectivity index (χ0v) is 65.2. The molecule has 4 aromatic carbocycles. The summed E-state index contributed by atoms with van der Waals surface area (Å²) >= 11 is 6.07. The quantitative estimate of drug-likeness (QED) is 0.0531. The van der Waals surface area contributed by atoms with Gasteiger partial charge in [-0.1, -0.05) is 92.5 Å². The number of pyridine rings is 5. The molecule has 0 radical (unpaired) electrons. The Bertz CT molecular complexity index is 6530. The van der Waals surface area contributed by atoms with Crippen LogP contribution >= 0.6 is 11.6 Å². The average molecular weight is 1570 g/mol. The Morgan fingerprint density at radius 2 is 0.769 bits per heavy atom. The van der Waals surface area contributed by atoms with Gasteiger partial charge in [-0.3, -0.25) is 4.57 Å². The van der Waals surface area contributed by atoms with E-state index in [1.165, 1.54) is 16.7 Å². The number of benzene rings is 4. The molecule has 0 aliphatic carbocycles. The van der Waals surface area contributed by atoms with Crippen LogP contribution in [-0.2, 0) is 4.74 Å². The van der Waals surface area contributed by atoms with Crippen LogP contribution in [0.3, 0.4) is 0 Å². The van der Waals surface area contributed by atoms with Gasteiger partial charge in [0.25, 0.3) is 0 Å². The summed E-state index contributed by atoms with van der Waals surface area (Å²) in [5.74, 6) is 1.54. The van der Waals surface area contributed by atoms with Crippen LogP contribution in [-0.4, -0.2) is 79.3 Å². The first-order valence-corrected chi connectivity index (χ1v) is 38.5. The number of fused-ring (bicyclic) bond motifs is 5. The number of ether oxygens (including phenoxy) is 3. The maximum absolute atomic E-state index is 13.4. The first-order valence-electron chi connectivity index (χ1n) is 38.1. The molecule has 0 amide bonds. The van der Waals surface area contributed by atoms with Gasteiger partial charge in [-0.25, -0.2) is 34.1 Å². The van der Waals surface area contributed by atoms with E-state index in [2.05, 4.69) is 94.0 Å². The van der Waals surface area contributed by atoms with Crippen molar-refractivity contribution in [1.82, 2.24) is 54.4 Å². The maximum atomic E-state index is 13.4. The van der Waals surface area contributed by atoms with E-state index in [9.17, 15) is 9.18 Å². The highest BCUT2D eigenvalue weighted by Gasteiger charge is 2.22. The molecular formula is C95H79ClFN11O9. The number of hydrogen-bond acceptors (Lipinski definition) is 14. The van der Waals surface area contributed by atoms with Gasteiger partial charge in [0.2, 0.25) is 0 Å². The SMILES string of the molecule is CC(C)(C)OC(=O)n1cccc1-c1cnc2[nH]cc(-c3ccoc3)c2c1.CCCCOc1ccccc1-c1cnc2[nH]cc(-c3ccoc3)c2c1.CCCOc1ccccc1-c1cnc2[nH]cc(-c3ccoc3)c2c1.Clc1cccc(-c2cnc3[nH]cc(-c4ccoc4)c3c2)c1.Fc1cccc(-c2cnc3[nH]cc(-c4ccoc4)c3c2)c1. The summed E-state index contributed by atoms with van der Waals surface area (Å²) in [5.41, 5.74) is 23.5. The number of nitrogens with zero attached hydrogens (tertiary/aromatic N) is 6. The second kappa shape index (κ2) is 34.7. The van der Waals surface area contributed by atoms with Gasteiger partial charge in [0.1, 0.15) is 51.2 Å². The minimum atomic E-state index is -0.560. The molecule has 0 spiro atoms. The van der Waals surface area contributed by atoms with Gasteiger partial charge < -0.3 is 61.2 Å². The number of carbonyl (C=O) groups excluding carboxylic acids is 1. The molecule has 0 fully saturated rings. The second-order valence-electron chi connectivity index (χ2n) is 28.5. The normalized spacial score (nSPS) is 11.2. The number of nitrogens with one attached hydrogen (secondary N) is 5. The van der Waals surface area contributed by atoms with E-state index in [0.717, 1.165) is 209 Å². The van der Waals surface area contributed by atoms with Gasteiger partial charge in [0.15, 0.2) is 0 Å². The Labute approximate surface area is 676 Å². The number of halogens is 2. The monoisotopic (exact) mass is 1570 g/mol. The number of para-hydroxylation sites is 2. The summed E-state index contributed by atoms with van der Waals surface area (Å²) in [6, 6.07) is 54.3. The molecule has 0 aliphatic rings. The van der Waals surface area contributed by atoms with Crippen molar-refractivity contribution in [2.75, 3.05) is 13.2 Å². The van der Waals surface area contributed by atoms with Crippen LogP contribution in [0.15, 0.2) is 323 Å². The summed E-state index contributed by atoms with van der Waals surface area (Å²) in [6.07, 6.45) is 40.1. The van der Waals surface area contributed by atoms with Gasteiger partial charge in [-0.2, -0.15) is 0 Å². The molecule has 20 nitrogen and oxygen atoms in total. The lowest BCUT2D eigenvalue weighted by Crippen LogP contribution is -2.27. The predicted molar refractivity (Wildman–Crippen MR) is 457 cm³/mol. The largest absolute Gasteiger partial charge is 0.493 e. The molecule has 5 N–H and O–H groups in total. The summed E-state index contributed by atoms with van der Waals surface area (Å²) in [6.45, 7) is 11.2. The number of H-pyrrole nitrogens is 5. The van der Waals surface area contributed by atoms with Crippen LogP contribution in [0.4, 0.5) is 9.18 Å². The maximum Gasteiger partial charge on any atom is 0.418 e. The van der Waals surface area contributed by atoms with E-state index >= 15 is 0 Å². The average Bonchev–Trinajstić information content (AvgIpc) is 1.64. The first kappa shape index (κ1) is 76.3. The van der Waals surface area contributed by atoms with E-state index in [-0.39, 0.29) is 5.82 Å². The standard InChI is InChI=1S/C21H20N2O2.C20H19N3O3.C20H18N2O2.C17H11ClN2O.C17H11FN2O/c1-2-3-9-25-20-7-5-4-6-17(20)16-11-18-19(15-8-10-24-14-15)13-23-21(18)22-12-16;1-20(2,3)26-19(24)23-7-4-5-17(23)14-9-15-16(13-6-8-25-12-13)11-22-18(15)21-10-14;1-2-8-24-19-6-4-3-5-16(19)15-10-17-18(14-7-9-23-13-14)12-22-20(17)21-11-15;2*18-14-3-1-2-11(6-14)13-7-15-16(12-4-5-21-10-12)9-20-17(15)19-8-13/h4-8,10-14H,2-3,9H2,1H3,(H,22,23);4-12H,1-3H3,(H,21,22);3-7,9-13H,2,8H2,1H3,(H,21,22);2*1-10H,(H,19,20). The third-order valence-electron chi connectivity index (χ3n) is 19.4. The molecule has 0 aliphatic heterocycles. The Morgan fingerprint density at radius 1 is 0.393 bits per heavy atom. The van der Waals surface area contributed by atoms with E-state index in [1.807, 2.05) is 192 Å². The fraction of sp³-hybridized carbons (Fsp3) is 0.116. The van der Waals surface area contributed by atoms with E-state index < -0.39 is 11.7 Å². The molecule has 16 heterocycles. The van der Waals surface area contributed by atoms with Crippen LogP contribution < -0.4 is 9.47 Å². The van der Waals surface area contributed by atoms with E-state index in [4.69, 9.17) is 47.9 Å². The van der Waals surface area contributed by atoms with Crippen molar-refractivity contribution < 1.29 is 45.5 Å². The molecule has 117 heavy (non-hydrogen) atoms. The molecular weight excluding hydrogens is 1490 g/mol. The van der Waals surface area contributed by atoms with Crippen molar-refractivity contribution in [2.24, 2.45) is 0 Å². The summed E-state index contributed by atoms with van der Waals surface area (Å²) in [7, 11) is 0. The molecule has 20 aromatic rings. The number of hydrogen-bond donors (Lipinski definition) is 5. The first-order chi connectivity index (χ1) is 57.3. The Morgan fingerprint density at radius 3 is 1.15 bits per heavy atom. The smallest absolute Gasteiger partial charge is 0.418 e. The molecule has 0 unspecified atom stereocenters.